The van der Waals surface area contributed by atoms with E-state index in [1.807, 2.05) is 6.92 Å². The highest BCUT2D eigenvalue weighted by Crippen LogP contribution is 2.43. The van der Waals surface area contributed by atoms with Gasteiger partial charge in [-0.15, -0.1) is 0 Å². The van der Waals surface area contributed by atoms with Crippen LogP contribution in [0.1, 0.15) is 162 Å². The molecule has 6 rings (SSSR count). The molecule has 3 N–H and O–H groups in total. The summed E-state index contributed by atoms with van der Waals surface area (Å²) in [5, 5.41) is 14.5. The number of carbonyl (C=O) groups is 4. The summed E-state index contributed by atoms with van der Waals surface area (Å²) in [4.78, 5) is 82.4. The van der Waals surface area contributed by atoms with Gasteiger partial charge in [-0.1, -0.05) is 63.1 Å². The number of rotatable bonds is 25. The fourth-order valence-corrected chi connectivity index (χ4v) is 12.2. The molecule has 0 saturated carbocycles. The van der Waals surface area contributed by atoms with Gasteiger partial charge in [0.15, 0.2) is 0 Å². The monoisotopic (exact) mass is 1430 g/mol. The third-order valence-corrected chi connectivity index (χ3v) is 16.4. The SMILES string of the molecule is CCOC(=O)C[C@H](NC(=O)C(CC(C)C)n1cc(CCN(C)C)c(C(F)(F)F)cc1=O)c1cc(-c2c(C)cc(C)cc2C)cc(C(F)(F)F)c1F.Cc1cc(C)c(-c2cc([C@H](CC(=O)O)NC(=O)C(CC(C)C)n3cc(CCN(C)C)c(C(F)(F)F)cc3=O)c(F)c(C(F)(F)F)c2)c(C)c1. The highest BCUT2D eigenvalue weighted by atomic mass is 19.4. The Morgan fingerprint density at radius 1 is 0.500 bits per heavy atom. The van der Waals surface area contributed by atoms with Crippen LogP contribution in [0.2, 0.25) is 0 Å². The predicted molar refractivity (Wildman–Crippen MR) is 350 cm³/mol. The quantitative estimate of drug-likeness (QED) is 0.0370. The van der Waals surface area contributed by atoms with Crippen LogP contribution in [0, 0.1) is 65.0 Å². The van der Waals surface area contributed by atoms with Gasteiger partial charge in [0.1, 0.15) is 23.7 Å². The molecule has 548 valence electrons. The first kappa shape index (κ1) is 82.3. The first-order valence-electron chi connectivity index (χ1n) is 32.0. The van der Waals surface area contributed by atoms with Gasteiger partial charge < -0.3 is 39.4 Å². The number of nitrogens with zero attached hydrogens (tertiary/aromatic N) is 4. The van der Waals surface area contributed by atoms with Gasteiger partial charge in [0.25, 0.3) is 11.1 Å². The van der Waals surface area contributed by atoms with Crippen LogP contribution in [0.5, 0.6) is 0 Å². The van der Waals surface area contributed by atoms with Gasteiger partial charge in [0.05, 0.1) is 53.8 Å². The second kappa shape index (κ2) is 33.4. The lowest BCUT2D eigenvalue weighted by Gasteiger charge is -2.27. The fourth-order valence-electron chi connectivity index (χ4n) is 12.2. The molecule has 0 spiro atoms. The number of carboxylic acid groups (broad SMARTS) is 1. The van der Waals surface area contributed by atoms with Crippen LogP contribution >= 0.6 is 0 Å². The Labute approximate surface area is 570 Å². The zero-order valence-corrected chi connectivity index (χ0v) is 58.1. The number of ether oxygens (including phenoxy) is 1. The molecule has 2 amide bonds. The van der Waals surface area contributed by atoms with Crippen molar-refractivity contribution in [1.29, 1.82) is 0 Å². The van der Waals surface area contributed by atoms with Gasteiger partial charge in [-0.2, -0.15) is 52.7 Å². The Morgan fingerprint density at radius 3 is 1.10 bits per heavy atom. The number of aryl methyl sites for hydroxylation is 6. The van der Waals surface area contributed by atoms with E-state index >= 15 is 8.78 Å². The second-order valence-corrected chi connectivity index (χ2v) is 26.4. The van der Waals surface area contributed by atoms with Crippen LogP contribution in [0.4, 0.5) is 61.5 Å². The van der Waals surface area contributed by atoms with Gasteiger partial charge in [0.2, 0.25) is 11.8 Å². The number of aromatic nitrogens is 2. The number of carboxylic acids is 1. The summed E-state index contributed by atoms with van der Waals surface area (Å²) in [7, 11) is 6.59. The molecule has 4 atom stereocenters. The number of nitrogens with one attached hydrogen (secondary N) is 2. The topological polar surface area (TPSA) is 172 Å². The third-order valence-electron chi connectivity index (χ3n) is 16.4. The third kappa shape index (κ3) is 21.6. The number of pyridine rings is 2. The van der Waals surface area contributed by atoms with Gasteiger partial charge in [-0.05, 0) is 194 Å². The van der Waals surface area contributed by atoms with Crippen LogP contribution in [0.25, 0.3) is 22.3 Å². The van der Waals surface area contributed by atoms with Crippen molar-refractivity contribution in [3.63, 3.8) is 0 Å². The van der Waals surface area contributed by atoms with E-state index in [1.54, 1.807) is 125 Å². The van der Waals surface area contributed by atoms with Crippen LogP contribution in [-0.2, 0) is 61.5 Å². The minimum atomic E-state index is -5.20. The molecule has 0 aliphatic heterocycles. The average Bonchev–Trinajstić information content (AvgIpc) is 0.783. The molecule has 2 aromatic heterocycles. The summed E-state index contributed by atoms with van der Waals surface area (Å²) < 4.78 is 208. The molecule has 14 nitrogen and oxygen atoms in total. The minimum absolute atomic E-state index is 0.0138. The van der Waals surface area contributed by atoms with Gasteiger partial charge in [-0.25, -0.2) is 8.78 Å². The Bertz CT molecular complexity index is 4030. The molecule has 0 bridgehead atoms. The Kier molecular flexibility index (Phi) is 27.5. The summed E-state index contributed by atoms with van der Waals surface area (Å²) >= 11 is 0. The van der Waals surface area contributed by atoms with Crippen molar-refractivity contribution in [2.75, 3.05) is 47.9 Å². The van der Waals surface area contributed by atoms with E-state index in [0.717, 1.165) is 44.8 Å². The van der Waals surface area contributed by atoms with Crippen molar-refractivity contribution in [2.24, 2.45) is 11.8 Å². The second-order valence-electron chi connectivity index (χ2n) is 26.4. The maximum atomic E-state index is 16.0. The van der Waals surface area contributed by atoms with Crippen LogP contribution in [0.3, 0.4) is 0 Å². The summed E-state index contributed by atoms with van der Waals surface area (Å²) in [6.07, 6.45) is -20.5. The van der Waals surface area contributed by atoms with Crippen LogP contribution < -0.4 is 21.8 Å². The molecule has 2 heterocycles. The van der Waals surface area contributed by atoms with E-state index < -0.39 is 142 Å². The molecule has 4 aromatic carbocycles. The summed E-state index contributed by atoms with van der Waals surface area (Å²) in [5.41, 5.74) is -5.18. The fraction of sp³-hybridized carbons (Fsp3) is 0.472. The number of benzene rings is 4. The molecule has 28 heteroatoms. The Morgan fingerprint density at radius 2 is 0.820 bits per heavy atom. The Balaban J connectivity index is 0.000000361. The van der Waals surface area contributed by atoms with E-state index in [9.17, 15) is 86.6 Å². The molecule has 100 heavy (non-hydrogen) atoms. The predicted octanol–water partition coefficient (Wildman–Crippen LogP) is 15.8. The highest BCUT2D eigenvalue weighted by Gasteiger charge is 2.42. The highest BCUT2D eigenvalue weighted by molar-refractivity contribution is 5.83. The number of halogens is 14. The maximum absolute atomic E-state index is 16.0. The molecule has 0 radical (unpaired) electrons. The van der Waals surface area contributed by atoms with Gasteiger partial charge >= 0.3 is 36.6 Å². The standard InChI is InChI=1S/C37H44F7N3O4.C35H40F7N3O4/c1-9-51-32(49)18-29(26-15-25(16-28(34(26)38)37(42,43)44)33-22(5)13-21(4)14-23(33)6)45-35(50)30(12-20(2)3)47-19-24(10-11-46(7)8)27(17-31(47)48)36(39,40)41;1-18(2)10-28(45-17-22(8-9-44(6)7)25(15-29(45)46)34(37,38)39)33(49)43-27(16-30(47)48)24-13-23(14-26(32(24)36)35(40,41)42)31-20(4)11-19(3)12-21(31)5/h13-17,19-20,29-30H,9-12,18H2,1-8H3,(H,45,50);11-15,17-18,27-28H,8-10,16H2,1-7H3,(H,43,49)(H,47,48)/t29-,30?;27-,28?/m00/s1. The number of hydrogen-bond donors (Lipinski definition) is 3. The molecule has 0 aliphatic rings. The van der Waals surface area contributed by atoms with Gasteiger partial charge in [0, 0.05) is 48.7 Å². The number of carbonyl (C=O) groups excluding carboxylic acids is 3. The van der Waals surface area contributed by atoms with E-state index in [0.29, 0.717) is 57.6 Å². The zero-order chi connectivity index (χ0) is 75.8. The number of amides is 2. The summed E-state index contributed by atoms with van der Waals surface area (Å²) in [6, 6.07) is 4.66. The molecule has 0 saturated heterocycles. The van der Waals surface area contributed by atoms with Crippen molar-refractivity contribution >= 4 is 23.8 Å². The van der Waals surface area contributed by atoms with E-state index in [2.05, 4.69) is 10.6 Å². The molecule has 6 aromatic rings. The zero-order valence-electron chi connectivity index (χ0n) is 58.1. The van der Waals surface area contributed by atoms with Gasteiger partial charge in [-0.3, -0.25) is 28.8 Å². The molecule has 2 unspecified atom stereocenters. The summed E-state index contributed by atoms with van der Waals surface area (Å²) in [5.74, 6) is -8.79. The average molecular weight is 1430 g/mol. The van der Waals surface area contributed by atoms with Crippen molar-refractivity contribution in [2.45, 2.75) is 164 Å². The lowest BCUT2D eigenvalue weighted by Crippen LogP contribution is -2.41. The Hall–Kier alpha value is -8.40. The number of likely N-dealkylation sites (N-methyl/N-ethyl adjacent to an activating group) is 2. The largest absolute Gasteiger partial charge is 0.481 e. The maximum Gasteiger partial charge on any atom is 0.419 e. The molecule has 0 aliphatic carbocycles. The van der Waals surface area contributed by atoms with Crippen molar-refractivity contribution < 1.29 is 90.5 Å². The lowest BCUT2D eigenvalue weighted by molar-refractivity contribution is -0.144. The van der Waals surface area contributed by atoms with E-state index in [4.69, 9.17) is 4.74 Å². The lowest BCUT2D eigenvalue weighted by atomic mass is 9.89. The van der Waals surface area contributed by atoms with Crippen LogP contribution in [-0.4, -0.2) is 95.7 Å². The van der Waals surface area contributed by atoms with Crippen molar-refractivity contribution in [1.82, 2.24) is 29.6 Å². The number of hydrogen-bond acceptors (Lipinski definition) is 9. The van der Waals surface area contributed by atoms with Crippen molar-refractivity contribution in [3.8, 4) is 22.3 Å². The van der Waals surface area contributed by atoms with E-state index in [1.165, 1.54) is 6.92 Å². The molecular weight excluding hydrogens is 1340 g/mol. The molecule has 0 fully saturated rings. The summed E-state index contributed by atoms with van der Waals surface area (Å²) in [6.45, 7) is 18.7. The number of aliphatic carboxylic acids is 1. The van der Waals surface area contributed by atoms with Crippen molar-refractivity contribution in [3.05, 3.63) is 183 Å². The van der Waals surface area contributed by atoms with Crippen LogP contribution in [0.15, 0.2) is 82.6 Å². The number of esters is 1. The smallest absolute Gasteiger partial charge is 0.419 e. The minimum Gasteiger partial charge on any atom is -0.481 e. The first-order valence-corrected chi connectivity index (χ1v) is 32.0. The normalized spacial score (nSPS) is 13.5. The first-order chi connectivity index (χ1) is 46.0. The molecular formula is C72H84F14N6O8. The van der Waals surface area contributed by atoms with E-state index in [-0.39, 0.29) is 79.5 Å². The number of alkyl halides is 12.